The van der Waals surface area contributed by atoms with Gasteiger partial charge in [0.1, 0.15) is 0 Å². The summed E-state index contributed by atoms with van der Waals surface area (Å²) in [5, 5.41) is 6.23. The quantitative estimate of drug-likeness (QED) is 0.526. The summed E-state index contributed by atoms with van der Waals surface area (Å²) in [5.74, 6) is 1.60. The van der Waals surface area contributed by atoms with Crippen LogP contribution in [0, 0.1) is 5.92 Å². The number of piperidine rings is 1. The third kappa shape index (κ3) is 6.44. The second-order valence-electron chi connectivity index (χ2n) is 8.08. The van der Waals surface area contributed by atoms with Crippen LogP contribution in [0.15, 0.2) is 35.3 Å². The number of hydrogen-bond acceptors (Lipinski definition) is 4. The van der Waals surface area contributed by atoms with Crippen molar-refractivity contribution in [3.05, 3.63) is 35.9 Å². The first-order chi connectivity index (χ1) is 14.7. The third-order valence-electron chi connectivity index (χ3n) is 6.09. The Labute approximate surface area is 180 Å². The SMILES string of the molecule is CCNC(=NCC(c1ccccc1)N1CCOCC1)N1CCC(CC(=O)NC)CC1. The molecule has 0 saturated carbocycles. The Balaban J connectivity index is 1.66. The van der Waals surface area contributed by atoms with Crippen molar-refractivity contribution >= 4 is 11.9 Å². The summed E-state index contributed by atoms with van der Waals surface area (Å²) >= 11 is 0. The standard InChI is InChI=1S/C23H37N5O2/c1-3-25-23(28-11-9-19(10-12-28)17-22(29)24-2)26-18-21(20-7-5-4-6-8-20)27-13-15-30-16-14-27/h4-8,19,21H,3,9-18H2,1-2H3,(H,24,29)(H,25,26). The summed E-state index contributed by atoms with van der Waals surface area (Å²) in [5.41, 5.74) is 1.31. The van der Waals surface area contributed by atoms with Gasteiger partial charge in [0.05, 0.1) is 25.8 Å². The van der Waals surface area contributed by atoms with Gasteiger partial charge in [0, 0.05) is 46.2 Å². The largest absolute Gasteiger partial charge is 0.379 e. The molecule has 1 unspecified atom stereocenters. The Kier molecular flexibility index (Phi) is 8.96. The van der Waals surface area contributed by atoms with Crippen LogP contribution in [0.3, 0.4) is 0 Å². The molecule has 1 amide bonds. The summed E-state index contributed by atoms with van der Waals surface area (Å²) in [6, 6.07) is 10.9. The molecular formula is C23H37N5O2. The molecule has 3 rings (SSSR count). The van der Waals surface area contributed by atoms with Crippen molar-refractivity contribution in [2.45, 2.75) is 32.2 Å². The molecule has 1 atom stereocenters. The number of benzene rings is 1. The van der Waals surface area contributed by atoms with Crippen molar-refractivity contribution < 1.29 is 9.53 Å². The van der Waals surface area contributed by atoms with E-state index in [1.807, 2.05) is 0 Å². The fourth-order valence-corrected chi connectivity index (χ4v) is 4.31. The van der Waals surface area contributed by atoms with E-state index in [2.05, 4.69) is 57.7 Å². The lowest BCUT2D eigenvalue weighted by atomic mass is 9.93. The molecule has 2 fully saturated rings. The van der Waals surface area contributed by atoms with Gasteiger partial charge in [0.15, 0.2) is 5.96 Å². The van der Waals surface area contributed by atoms with Crippen LogP contribution in [-0.2, 0) is 9.53 Å². The second-order valence-corrected chi connectivity index (χ2v) is 8.08. The molecule has 2 aliphatic rings. The van der Waals surface area contributed by atoms with E-state index in [4.69, 9.17) is 9.73 Å². The predicted molar refractivity (Wildman–Crippen MR) is 121 cm³/mol. The Morgan fingerprint density at radius 3 is 2.50 bits per heavy atom. The molecule has 1 aromatic carbocycles. The van der Waals surface area contributed by atoms with Gasteiger partial charge in [-0.1, -0.05) is 30.3 Å². The van der Waals surface area contributed by atoms with E-state index in [0.29, 0.717) is 12.3 Å². The van der Waals surface area contributed by atoms with Crippen LogP contribution in [-0.4, -0.2) is 81.2 Å². The Hall–Kier alpha value is -2.12. The Bertz CT molecular complexity index is 667. The van der Waals surface area contributed by atoms with Gasteiger partial charge in [-0.25, -0.2) is 0 Å². The maximum Gasteiger partial charge on any atom is 0.220 e. The molecule has 7 nitrogen and oxygen atoms in total. The number of likely N-dealkylation sites (tertiary alicyclic amines) is 1. The summed E-state index contributed by atoms with van der Waals surface area (Å²) < 4.78 is 5.56. The maximum absolute atomic E-state index is 11.7. The van der Waals surface area contributed by atoms with Crippen molar-refractivity contribution in [1.82, 2.24) is 20.4 Å². The van der Waals surface area contributed by atoms with E-state index < -0.39 is 0 Å². The Morgan fingerprint density at radius 2 is 1.87 bits per heavy atom. The van der Waals surface area contributed by atoms with Crippen LogP contribution in [0.5, 0.6) is 0 Å². The molecule has 2 saturated heterocycles. The number of aliphatic imine (C=N–C) groups is 1. The number of nitrogens with one attached hydrogen (secondary N) is 2. The van der Waals surface area contributed by atoms with E-state index in [1.54, 1.807) is 7.05 Å². The van der Waals surface area contributed by atoms with Crippen molar-refractivity contribution in [2.24, 2.45) is 10.9 Å². The molecule has 0 radical (unpaired) electrons. The van der Waals surface area contributed by atoms with Crippen LogP contribution in [0.2, 0.25) is 0 Å². The van der Waals surface area contributed by atoms with Gasteiger partial charge in [0.2, 0.25) is 5.91 Å². The van der Waals surface area contributed by atoms with E-state index >= 15 is 0 Å². The number of guanidine groups is 1. The number of carbonyl (C=O) groups is 1. The Morgan fingerprint density at radius 1 is 1.17 bits per heavy atom. The first-order valence-electron chi connectivity index (χ1n) is 11.3. The number of nitrogens with zero attached hydrogens (tertiary/aromatic N) is 3. The average molecular weight is 416 g/mol. The van der Waals surface area contributed by atoms with Gasteiger partial charge in [-0.3, -0.25) is 14.7 Å². The second kappa shape index (κ2) is 11.9. The van der Waals surface area contributed by atoms with E-state index in [0.717, 1.165) is 71.3 Å². The lowest BCUT2D eigenvalue weighted by Crippen LogP contribution is -2.46. The van der Waals surface area contributed by atoms with Gasteiger partial charge in [0.25, 0.3) is 0 Å². The summed E-state index contributed by atoms with van der Waals surface area (Å²) in [4.78, 5) is 21.6. The molecule has 0 bridgehead atoms. The number of morpholine rings is 1. The normalized spacial score (nSPS) is 20.1. The smallest absolute Gasteiger partial charge is 0.220 e. The molecule has 1 aromatic rings. The minimum Gasteiger partial charge on any atom is -0.379 e. The number of hydrogen-bond donors (Lipinski definition) is 2. The fraction of sp³-hybridized carbons (Fsp3) is 0.652. The molecule has 30 heavy (non-hydrogen) atoms. The van der Waals surface area contributed by atoms with Crippen molar-refractivity contribution in [3.8, 4) is 0 Å². The highest BCUT2D eigenvalue weighted by molar-refractivity contribution is 5.80. The van der Waals surface area contributed by atoms with E-state index in [-0.39, 0.29) is 11.9 Å². The molecule has 2 heterocycles. The lowest BCUT2D eigenvalue weighted by Gasteiger charge is -2.36. The molecule has 166 valence electrons. The minimum absolute atomic E-state index is 0.144. The van der Waals surface area contributed by atoms with Crippen LogP contribution in [0.1, 0.15) is 37.8 Å². The van der Waals surface area contributed by atoms with Crippen LogP contribution in [0.4, 0.5) is 0 Å². The minimum atomic E-state index is 0.144. The molecule has 0 spiro atoms. The number of carbonyl (C=O) groups excluding carboxylic acids is 1. The summed E-state index contributed by atoms with van der Waals surface area (Å²) in [7, 11) is 1.71. The number of ether oxygens (including phenoxy) is 1. The zero-order chi connectivity index (χ0) is 21.2. The first-order valence-corrected chi connectivity index (χ1v) is 11.3. The monoisotopic (exact) mass is 415 g/mol. The van der Waals surface area contributed by atoms with Gasteiger partial charge >= 0.3 is 0 Å². The van der Waals surface area contributed by atoms with Crippen LogP contribution < -0.4 is 10.6 Å². The highest BCUT2D eigenvalue weighted by Crippen LogP contribution is 2.23. The van der Waals surface area contributed by atoms with Gasteiger partial charge in [-0.2, -0.15) is 0 Å². The zero-order valence-corrected chi connectivity index (χ0v) is 18.5. The van der Waals surface area contributed by atoms with Crippen molar-refractivity contribution in [3.63, 3.8) is 0 Å². The molecule has 2 aliphatic heterocycles. The van der Waals surface area contributed by atoms with E-state index in [9.17, 15) is 4.79 Å². The highest BCUT2D eigenvalue weighted by atomic mass is 16.5. The maximum atomic E-state index is 11.7. The zero-order valence-electron chi connectivity index (χ0n) is 18.5. The predicted octanol–water partition coefficient (Wildman–Crippen LogP) is 1.87. The first kappa shape index (κ1) is 22.6. The van der Waals surface area contributed by atoms with Gasteiger partial charge < -0.3 is 20.3 Å². The number of amides is 1. The summed E-state index contributed by atoms with van der Waals surface area (Å²) in [6.45, 7) is 9.03. The average Bonchev–Trinajstić information content (AvgIpc) is 2.80. The molecular weight excluding hydrogens is 378 g/mol. The van der Waals surface area contributed by atoms with Crippen molar-refractivity contribution in [2.75, 3.05) is 59.5 Å². The van der Waals surface area contributed by atoms with Crippen LogP contribution in [0.25, 0.3) is 0 Å². The molecule has 2 N–H and O–H groups in total. The molecule has 0 aromatic heterocycles. The van der Waals surface area contributed by atoms with Crippen LogP contribution >= 0.6 is 0 Å². The number of rotatable bonds is 7. The molecule has 0 aliphatic carbocycles. The van der Waals surface area contributed by atoms with Crippen molar-refractivity contribution in [1.29, 1.82) is 0 Å². The lowest BCUT2D eigenvalue weighted by molar-refractivity contribution is -0.121. The van der Waals surface area contributed by atoms with Gasteiger partial charge in [-0.15, -0.1) is 0 Å². The third-order valence-corrected chi connectivity index (χ3v) is 6.09. The highest BCUT2D eigenvalue weighted by Gasteiger charge is 2.25. The van der Waals surface area contributed by atoms with Gasteiger partial charge in [-0.05, 0) is 31.2 Å². The topological polar surface area (TPSA) is 69.2 Å². The van der Waals surface area contributed by atoms with E-state index in [1.165, 1.54) is 5.56 Å². The fourth-order valence-electron chi connectivity index (χ4n) is 4.31. The molecule has 7 heteroatoms. The summed E-state index contributed by atoms with van der Waals surface area (Å²) in [6.07, 6.45) is 2.69.